The van der Waals surface area contributed by atoms with Crippen LogP contribution in [0.3, 0.4) is 0 Å². The molecule has 1 N–H and O–H groups in total. The van der Waals surface area contributed by atoms with Gasteiger partial charge in [0.2, 0.25) is 0 Å². The average molecular weight is 515 g/mol. The molecule has 6 nitrogen and oxygen atoms in total. The average Bonchev–Trinajstić information content (AvgIpc) is 3.36. The summed E-state index contributed by atoms with van der Waals surface area (Å²) in [6.45, 7) is 3.05. The van der Waals surface area contributed by atoms with Gasteiger partial charge < -0.3 is 10.2 Å². The molecule has 4 aromatic rings. The van der Waals surface area contributed by atoms with Crippen molar-refractivity contribution >= 4 is 17.5 Å². The van der Waals surface area contributed by atoms with E-state index in [1.54, 1.807) is 29.8 Å². The number of carbonyl (C=O) groups is 2. The third kappa shape index (κ3) is 5.34. The molecule has 5 rings (SSSR count). The topological polar surface area (TPSA) is 67.2 Å². The lowest BCUT2D eigenvalue weighted by Gasteiger charge is -2.32. The predicted octanol–water partition coefficient (Wildman–Crippen LogP) is 5.95. The molecule has 0 bridgehead atoms. The number of rotatable bonds is 5. The summed E-state index contributed by atoms with van der Waals surface area (Å²) in [6.07, 6.45) is 5.55. The highest BCUT2D eigenvalue weighted by Crippen LogP contribution is 2.31. The number of nitrogens with one attached hydrogen (secondary N) is 1. The molecular weight excluding hydrogens is 486 g/mol. The Kier molecular flexibility index (Phi) is 7.05. The maximum absolute atomic E-state index is 14.0. The van der Waals surface area contributed by atoms with Crippen LogP contribution in [0.2, 0.25) is 0 Å². The maximum Gasteiger partial charge on any atom is 0.258 e. The van der Waals surface area contributed by atoms with Gasteiger partial charge in [0.1, 0.15) is 11.6 Å². The van der Waals surface area contributed by atoms with Crippen molar-refractivity contribution in [3.63, 3.8) is 0 Å². The van der Waals surface area contributed by atoms with Gasteiger partial charge in [-0.3, -0.25) is 14.3 Å². The van der Waals surface area contributed by atoms with Crippen molar-refractivity contribution in [2.24, 2.45) is 7.05 Å². The Balaban J connectivity index is 1.22. The van der Waals surface area contributed by atoms with E-state index in [0.29, 0.717) is 36.3 Å². The van der Waals surface area contributed by atoms with Crippen LogP contribution in [0, 0.1) is 18.6 Å². The number of aromatic nitrogens is 2. The highest BCUT2D eigenvalue weighted by atomic mass is 19.1. The molecule has 2 amide bonds. The summed E-state index contributed by atoms with van der Waals surface area (Å²) in [6, 6.07) is 16.4. The molecule has 38 heavy (non-hydrogen) atoms. The van der Waals surface area contributed by atoms with Crippen LogP contribution in [-0.2, 0) is 7.05 Å². The normalized spacial score (nSPS) is 13.9. The van der Waals surface area contributed by atoms with E-state index in [1.165, 1.54) is 5.56 Å². The molecule has 0 spiro atoms. The Hall–Kier alpha value is -4.33. The van der Waals surface area contributed by atoms with Crippen LogP contribution in [0.5, 0.6) is 0 Å². The van der Waals surface area contributed by atoms with Gasteiger partial charge in [0, 0.05) is 49.2 Å². The molecule has 1 aliphatic rings. The van der Waals surface area contributed by atoms with Gasteiger partial charge in [0.15, 0.2) is 0 Å². The van der Waals surface area contributed by atoms with Crippen LogP contribution in [0.25, 0.3) is 11.1 Å². The minimum absolute atomic E-state index is 0.112. The van der Waals surface area contributed by atoms with E-state index in [9.17, 15) is 18.4 Å². The van der Waals surface area contributed by atoms with Crippen LogP contribution >= 0.6 is 0 Å². The lowest BCUT2D eigenvalue weighted by molar-refractivity contribution is 0.0712. The number of likely N-dealkylation sites (tertiary alicyclic amines) is 1. The number of carbonyl (C=O) groups excluding carboxylic acids is 2. The molecule has 1 aromatic heterocycles. The first-order valence-electron chi connectivity index (χ1n) is 12.5. The molecule has 1 saturated heterocycles. The minimum Gasteiger partial charge on any atom is -0.339 e. The molecule has 194 valence electrons. The first-order valence-corrected chi connectivity index (χ1v) is 12.5. The molecule has 1 aliphatic heterocycles. The van der Waals surface area contributed by atoms with Gasteiger partial charge in [0.05, 0.1) is 11.8 Å². The maximum atomic E-state index is 14.0. The molecule has 0 atom stereocenters. The molecule has 0 aliphatic carbocycles. The Bertz CT molecular complexity index is 1490. The molecule has 0 unspecified atom stereocenters. The lowest BCUT2D eigenvalue weighted by Crippen LogP contribution is -2.38. The Morgan fingerprint density at radius 3 is 2.34 bits per heavy atom. The van der Waals surface area contributed by atoms with Gasteiger partial charge >= 0.3 is 0 Å². The highest BCUT2D eigenvalue weighted by Gasteiger charge is 2.25. The van der Waals surface area contributed by atoms with Crippen LogP contribution in [-0.4, -0.2) is 39.6 Å². The summed E-state index contributed by atoms with van der Waals surface area (Å²) in [5.41, 5.74) is 4.79. The van der Waals surface area contributed by atoms with Crippen molar-refractivity contribution < 1.29 is 18.4 Å². The monoisotopic (exact) mass is 514 g/mol. The van der Waals surface area contributed by atoms with E-state index in [0.717, 1.165) is 41.7 Å². The second-order valence-corrected chi connectivity index (χ2v) is 9.70. The lowest BCUT2D eigenvalue weighted by atomic mass is 9.88. The SMILES string of the molecule is Cc1ccc(C(=O)N2CCC(c3ccc(-c4cnn(C)c4)cc3)CC2)cc1NC(=O)c1ccc(F)cc1F. The van der Waals surface area contributed by atoms with E-state index >= 15 is 0 Å². The van der Waals surface area contributed by atoms with E-state index < -0.39 is 17.5 Å². The van der Waals surface area contributed by atoms with E-state index in [1.807, 2.05) is 24.3 Å². The standard InChI is InChI=1S/C30H28F2N4O2/c1-19-3-4-23(15-28(19)34-29(37)26-10-9-25(31)16-27(26)32)30(38)36-13-11-22(12-14-36)20-5-7-21(8-6-20)24-17-33-35(2)18-24/h3-10,15-18,22H,11-14H2,1-2H3,(H,34,37). The van der Waals surface area contributed by atoms with Gasteiger partial charge in [0.25, 0.3) is 11.8 Å². The number of halogens is 2. The molecule has 1 fully saturated rings. The van der Waals surface area contributed by atoms with Gasteiger partial charge in [-0.2, -0.15) is 5.10 Å². The first kappa shape index (κ1) is 25.3. The predicted molar refractivity (Wildman–Crippen MR) is 142 cm³/mol. The Labute approximate surface area is 219 Å². The van der Waals surface area contributed by atoms with Crippen molar-refractivity contribution in [3.05, 3.63) is 107 Å². The molecule has 0 radical (unpaired) electrons. The zero-order valence-electron chi connectivity index (χ0n) is 21.2. The number of nitrogens with zero attached hydrogens (tertiary/aromatic N) is 3. The summed E-state index contributed by atoms with van der Waals surface area (Å²) in [7, 11) is 1.90. The molecular formula is C30H28F2N4O2. The van der Waals surface area contributed by atoms with E-state index in [2.05, 4.69) is 34.7 Å². The quantitative estimate of drug-likeness (QED) is 0.358. The minimum atomic E-state index is -0.943. The number of piperidine rings is 1. The third-order valence-corrected chi connectivity index (χ3v) is 7.11. The number of anilines is 1. The van der Waals surface area contributed by atoms with Crippen LogP contribution < -0.4 is 5.32 Å². The van der Waals surface area contributed by atoms with Crippen molar-refractivity contribution in [3.8, 4) is 11.1 Å². The largest absolute Gasteiger partial charge is 0.339 e. The summed E-state index contributed by atoms with van der Waals surface area (Å²) in [4.78, 5) is 27.7. The van der Waals surface area contributed by atoms with Crippen molar-refractivity contribution in [1.82, 2.24) is 14.7 Å². The number of aryl methyl sites for hydroxylation is 2. The Morgan fingerprint density at radius 1 is 0.947 bits per heavy atom. The number of benzene rings is 3. The summed E-state index contributed by atoms with van der Waals surface area (Å²) in [5, 5.41) is 6.88. The summed E-state index contributed by atoms with van der Waals surface area (Å²) < 4.78 is 29.0. The summed E-state index contributed by atoms with van der Waals surface area (Å²) >= 11 is 0. The van der Waals surface area contributed by atoms with Crippen molar-refractivity contribution in [2.75, 3.05) is 18.4 Å². The van der Waals surface area contributed by atoms with Gasteiger partial charge in [-0.1, -0.05) is 30.3 Å². The molecule has 3 aromatic carbocycles. The van der Waals surface area contributed by atoms with E-state index in [-0.39, 0.29) is 11.5 Å². The first-order chi connectivity index (χ1) is 18.3. The molecule has 2 heterocycles. The highest BCUT2D eigenvalue weighted by molar-refractivity contribution is 6.05. The Morgan fingerprint density at radius 2 is 1.68 bits per heavy atom. The zero-order valence-corrected chi connectivity index (χ0v) is 21.2. The molecule has 8 heteroatoms. The van der Waals surface area contributed by atoms with Gasteiger partial charge in [-0.05, 0) is 66.6 Å². The number of amides is 2. The fraction of sp³-hybridized carbons (Fsp3) is 0.233. The smallest absolute Gasteiger partial charge is 0.258 e. The van der Waals surface area contributed by atoms with Crippen LogP contribution in [0.15, 0.2) is 73.1 Å². The number of hydrogen-bond acceptors (Lipinski definition) is 3. The zero-order chi connectivity index (χ0) is 26.8. The molecule has 0 saturated carbocycles. The van der Waals surface area contributed by atoms with Crippen LogP contribution in [0.1, 0.15) is 50.6 Å². The van der Waals surface area contributed by atoms with Gasteiger partial charge in [-0.15, -0.1) is 0 Å². The fourth-order valence-electron chi connectivity index (χ4n) is 4.87. The van der Waals surface area contributed by atoms with E-state index in [4.69, 9.17) is 0 Å². The second kappa shape index (κ2) is 10.6. The van der Waals surface area contributed by atoms with Gasteiger partial charge in [-0.25, -0.2) is 8.78 Å². The third-order valence-electron chi connectivity index (χ3n) is 7.11. The van der Waals surface area contributed by atoms with Crippen molar-refractivity contribution in [2.45, 2.75) is 25.7 Å². The summed E-state index contributed by atoms with van der Waals surface area (Å²) in [5.74, 6) is -2.14. The van der Waals surface area contributed by atoms with Crippen LogP contribution in [0.4, 0.5) is 14.5 Å². The fourth-order valence-corrected chi connectivity index (χ4v) is 4.87. The number of hydrogen-bond donors (Lipinski definition) is 1. The second-order valence-electron chi connectivity index (χ2n) is 9.70. The van der Waals surface area contributed by atoms with Crippen molar-refractivity contribution in [1.29, 1.82) is 0 Å².